The number of benzene rings is 1. The van der Waals surface area contributed by atoms with E-state index in [4.69, 9.17) is 0 Å². The zero-order chi connectivity index (χ0) is 21.3. The lowest BCUT2D eigenvalue weighted by Crippen LogP contribution is -2.42. The number of thiophene rings is 1. The molecule has 1 unspecified atom stereocenters. The number of anilines is 1. The molecule has 1 aromatic carbocycles. The van der Waals surface area contributed by atoms with Crippen LogP contribution in [0.3, 0.4) is 0 Å². The van der Waals surface area contributed by atoms with E-state index < -0.39 is 23.5 Å². The van der Waals surface area contributed by atoms with E-state index in [1.807, 2.05) is 4.90 Å². The Morgan fingerprint density at radius 2 is 2.10 bits per heavy atom. The van der Waals surface area contributed by atoms with Gasteiger partial charge in [-0.15, -0.1) is 11.3 Å². The number of ketones is 1. The molecule has 1 amide bonds. The van der Waals surface area contributed by atoms with Gasteiger partial charge in [0.25, 0.3) is 0 Å². The summed E-state index contributed by atoms with van der Waals surface area (Å²) in [6, 6.07) is 3.11. The van der Waals surface area contributed by atoms with Gasteiger partial charge in [-0.05, 0) is 55.3 Å². The number of nitrogens with zero attached hydrogens (tertiary/aromatic N) is 1. The summed E-state index contributed by atoms with van der Waals surface area (Å²) in [5, 5.41) is 13.1. The number of β-amino-alcohol motifs (C(OH)–C–C–N with tert-alkyl or cyclic N) is 1. The maximum Gasteiger partial charge on any atom is 0.239 e. The molecule has 2 aromatic rings. The summed E-state index contributed by atoms with van der Waals surface area (Å²) in [5.74, 6) is -1.13. The quantitative estimate of drug-likeness (QED) is 0.681. The van der Waals surface area contributed by atoms with Crippen LogP contribution in [0.2, 0.25) is 0 Å². The molecule has 1 aromatic heterocycles. The van der Waals surface area contributed by atoms with Crippen LogP contribution in [0, 0.1) is 11.6 Å². The van der Waals surface area contributed by atoms with E-state index in [0.29, 0.717) is 23.5 Å². The largest absolute Gasteiger partial charge is 0.392 e. The maximum atomic E-state index is 13.7. The van der Waals surface area contributed by atoms with Crippen molar-refractivity contribution < 1.29 is 23.5 Å². The highest BCUT2D eigenvalue weighted by Gasteiger charge is 2.28. The van der Waals surface area contributed by atoms with E-state index in [1.165, 1.54) is 17.4 Å². The van der Waals surface area contributed by atoms with Crippen molar-refractivity contribution in [2.45, 2.75) is 31.1 Å². The SMILES string of the molecule is O=C(CN1CCCC(O)C1)Nc1sc2c(c1C(=O)c1ccc(F)c(F)c1)CCSC2. The molecule has 0 radical (unpaired) electrons. The normalized spacial score (nSPS) is 19.4. The van der Waals surface area contributed by atoms with Crippen LogP contribution in [0.1, 0.15) is 39.2 Å². The van der Waals surface area contributed by atoms with Crippen molar-refractivity contribution in [1.29, 1.82) is 0 Å². The van der Waals surface area contributed by atoms with Gasteiger partial charge in [0.1, 0.15) is 5.00 Å². The second kappa shape index (κ2) is 9.13. The first-order valence-corrected chi connectivity index (χ1v) is 11.8. The van der Waals surface area contributed by atoms with E-state index in [0.717, 1.165) is 53.5 Å². The number of thioether (sulfide) groups is 1. The summed E-state index contributed by atoms with van der Waals surface area (Å²) < 4.78 is 27.0. The van der Waals surface area contributed by atoms with Gasteiger partial charge in [0, 0.05) is 22.7 Å². The van der Waals surface area contributed by atoms with Crippen molar-refractivity contribution in [3.05, 3.63) is 51.4 Å². The zero-order valence-electron chi connectivity index (χ0n) is 16.2. The van der Waals surface area contributed by atoms with Crippen LogP contribution in [0.5, 0.6) is 0 Å². The molecule has 2 aliphatic rings. The summed E-state index contributed by atoms with van der Waals surface area (Å²) in [7, 11) is 0. The second-order valence-electron chi connectivity index (χ2n) is 7.55. The molecule has 160 valence electrons. The third-order valence-electron chi connectivity index (χ3n) is 5.33. The molecule has 0 bridgehead atoms. The number of rotatable bonds is 5. The third kappa shape index (κ3) is 4.59. The summed E-state index contributed by atoms with van der Waals surface area (Å²) in [4.78, 5) is 28.8. The van der Waals surface area contributed by atoms with Crippen molar-refractivity contribution >= 4 is 39.8 Å². The fraction of sp³-hybridized carbons (Fsp3) is 0.429. The fourth-order valence-corrected chi connectivity index (χ4v) is 6.28. The number of carbonyl (C=O) groups is 2. The predicted octanol–water partition coefficient (Wildman–Crippen LogP) is 3.44. The number of carbonyl (C=O) groups excluding carboxylic acids is 2. The Labute approximate surface area is 181 Å². The summed E-state index contributed by atoms with van der Waals surface area (Å²) in [5.41, 5.74) is 1.33. The Morgan fingerprint density at radius 3 is 2.87 bits per heavy atom. The maximum absolute atomic E-state index is 13.7. The van der Waals surface area contributed by atoms with Gasteiger partial charge in [0.05, 0.1) is 18.2 Å². The molecule has 3 heterocycles. The van der Waals surface area contributed by atoms with Gasteiger partial charge in [0.2, 0.25) is 5.91 Å². The van der Waals surface area contributed by atoms with E-state index in [1.54, 1.807) is 11.8 Å². The van der Waals surface area contributed by atoms with E-state index in [2.05, 4.69) is 5.32 Å². The molecule has 4 rings (SSSR count). The Kier molecular flexibility index (Phi) is 6.52. The molecule has 5 nitrogen and oxygen atoms in total. The first-order chi connectivity index (χ1) is 14.4. The molecule has 0 saturated carbocycles. The standard InChI is InChI=1S/C21H22F2N2O3S2/c22-15-4-3-12(8-16(15)23)20(28)19-14-5-7-29-11-17(14)30-21(19)24-18(27)10-25-6-1-2-13(26)9-25/h3-4,8,13,26H,1-2,5-7,9-11H2,(H,24,27). The minimum atomic E-state index is -1.07. The van der Waals surface area contributed by atoms with Crippen LogP contribution >= 0.6 is 23.1 Å². The number of likely N-dealkylation sites (tertiary alicyclic amines) is 1. The number of piperidine rings is 1. The average Bonchev–Trinajstić information content (AvgIpc) is 3.07. The molecule has 9 heteroatoms. The molecule has 0 aliphatic carbocycles. The van der Waals surface area contributed by atoms with E-state index >= 15 is 0 Å². The number of aliphatic hydroxyl groups excluding tert-OH is 1. The van der Waals surface area contributed by atoms with Gasteiger partial charge in [-0.2, -0.15) is 11.8 Å². The molecule has 1 fully saturated rings. The van der Waals surface area contributed by atoms with Crippen LogP contribution in [0.4, 0.5) is 13.8 Å². The van der Waals surface area contributed by atoms with Crippen LogP contribution < -0.4 is 5.32 Å². The molecular weight excluding hydrogens is 430 g/mol. The number of amides is 1. The smallest absolute Gasteiger partial charge is 0.239 e. The Bertz CT molecular complexity index is 979. The van der Waals surface area contributed by atoms with Crippen molar-refractivity contribution in [2.24, 2.45) is 0 Å². The van der Waals surface area contributed by atoms with Crippen molar-refractivity contribution in [3.63, 3.8) is 0 Å². The lowest BCUT2D eigenvalue weighted by atomic mass is 9.98. The molecule has 2 N–H and O–H groups in total. The minimum Gasteiger partial charge on any atom is -0.392 e. The number of nitrogens with one attached hydrogen (secondary N) is 1. The highest BCUT2D eigenvalue weighted by Crippen LogP contribution is 2.40. The van der Waals surface area contributed by atoms with Gasteiger partial charge in [-0.1, -0.05) is 0 Å². The molecule has 2 aliphatic heterocycles. The van der Waals surface area contributed by atoms with Crippen LogP contribution in [-0.2, 0) is 17.0 Å². The van der Waals surface area contributed by atoms with Crippen molar-refractivity contribution in [3.8, 4) is 0 Å². The Morgan fingerprint density at radius 1 is 1.27 bits per heavy atom. The third-order valence-corrected chi connectivity index (χ3v) is 7.65. The fourth-order valence-electron chi connectivity index (χ4n) is 3.89. The van der Waals surface area contributed by atoms with Gasteiger partial charge < -0.3 is 10.4 Å². The summed E-state index contributed by atoms with van der Waals surface area (Å²) in [6.07, 6.45) is 1.83. The molecular formula is C21H22F2N2O3S2. The Hall–Kier alpha value is -1.81. The number of hydrogen-bond acceptors (Lipinski definition) is 6. The van der Waals surface area contributed by atoms with Crippen LogP contribution in [0.25, 0.3) is 0 Å². The first-order valence-electron chi connectivity index (χ1n) is 9.84. The monoisotopic (exact) mass is 452 g/mol. The second-order valence-corrected chi connectivity index (χ2v) is 9.76. The molecule has 0 spiro atoms. The van der Waals surface area contributed by atoms with E-state index in [9.17, 15) is 23.5 Å². The van der Waals surface area contributed by atoms with Crippen molar-refractivity contribution in [2.75, 3.05) is 30.7 Å². The molecule has 1 atom stereocenters. The lowest BCUT2D eigenvalue weighted by Gasteiger charge is -2.29. The number of aliphatic hydroxyl groups is 1. The predicted molar refractivity (Wildman–Crippen MR) is 114 cm³/mol. The lowest BCUT2D eigenvalue weighted by molar-refractivity contribution is -0.117. The van der Waals surface area contributed by atoms with Gasteiger partial charge >= 0.3 is 0 Å². The van der Waals surface area contributed by atoms with Crippen molar-refractivity contribution in [1.82, 2.24) is 4.90 Å². The average molecular weight is 453 g/mol. The van der Waals surface area contributed by atoms with Gasteiger partial charge in [-0.3, -0.25) is 14.5 Å². The van der Waals surface area contributed by atoms with Gasteiger partial charge in [0.15, 0.2) is 17.4 Å². The molecule has 30 heavy (non-hydrogen) atoms. The highest BCUT2D eigenvalue weighted by atomic mass is 32.2. The summed E-state index contributed by atoms with van der Waals surface area (Å²) >= 11 is 3.13. The number of fused-ring (bicyclic) bond motifs is 1. The number of halogens is 2. The van der Waals surface area contributed by atoms with E-state index in [-0.39, 0.29) is 18.0 Å². The molecule has 1 saturated heterocycles. The first kappa shape index (κ1) is 21.4. The zero-order valence-corrected chi connectivity index (χ0v) is 17.9. The minimum absolute atomic E-state index is 0.0578. The summed E-state index contributed by atoms with van der Waals surface area (Å²) in [6.45, 7) is 1.32. The number of hydrogen-bond donors (Lipinski definition) is 2. The van der Waals surface area contributed by atoms with Gasteiger partial charge in [-0.25, -0.2) is 8.78 Å². The van der Waals surface area contributed by atoms with Crippen LogP contribution in [0.15, 0.2) is 18.2 Å². The topological polar surface area (TPSA) is 69.6 Å². The Balaban J connectivity index is 1.60. The highest BCUT2D eigenvalue weighted by molar-refractivity contribution is 7.98. The van der Waals surface area contributed by atoms with Crippen LogP contribution in [-0.4, -0.2) is 53.2 Å².